The molecule has 1 aromatic rings. The van der Waals surface area contributed by atoms with Crippen molar-refractivity contribution in [1.82, 2.24) is 5.32 Å². The van der Waals surface area contributed by atoms with Crippen molar-refractivity contribution in [3.8, 4) is 0 Å². The van der Waals surface area contributed by atoms with Crippen molar-refractivity contribution < 1.29 is 9.90 Å². The van der Waals surface area contributed by atoms with Crippen LogP contribution in [0.4, 0.5) is 0 Å². The lowest BCUT2D eigenvalue weighted by atomic mass is 9.91. The van der Waals surface area contributed by atoms with Gasteiger partial charge in [0.25, 0.3) is 0 Å². The first kappa shape index (κ1) is 14.2. The fourth-order valence-electron chi connectivity index (χ4n) is 1.53. The molecule has 4 nitrogen and oxygen atoms in total. The van der Waals surface area contributed by atoms with E-state index in [1.54, 1.807) is 11.3 Å². The molecule has 0 fully saturated rings. The largest absolute Gasteiger partial charge is 0.480 e. The Balaban J connectivity index is 2.29. The lowest BCUT2D eigenvalue weighted by Crippen LogP contribution is -2.37. The number of thiophene rings is 1. The first-order valence-electron chi connectivity index (χ1n) is 5.66. The molecule has 17 heavy (non-hydrogen) atoms. The molecular formula is C12H20N2O2S. The van der Waals surface area contributed by atoms with Crippen LogP contribution in [0.5, 0.6) is 0 Å². The molecule has 0 amide bonds. The Labute approximate surface area is 106 Å². The SMILES string of the molecule is CC(C)(CNCCC(N)C(=O)O)c1cccs1. The van der Waals surface area contributed by atoms with Crippen LogP contribution in [0.15, 0.2) is 17.5 Å². The molecule has 0 aromatic carbocycles. The molecule has 0 saturated carbocycles. The van der Waals surface area contributed by atoms with Crippen LogP contribution in [0.3, 0.4) is 0 Å². The van der Waals surface area contributed by atoms with Crippen LogP contribution in [0.25, 0.3) is 0 Å². The molecule has 96 valence electrons. The Kier molecular flexibility index (Phi) is 5.11. The molecule has 0 aliphatic heterocycles. The maximum Gasteiger partial charge on any atom is 0.320 e. The number of nitrogens with two attached hydrogens (primary N) is 1. The highest BCUT2D eigenvalue weighted by Crippen LogP contribution is 2.26. The summed E-state index contributed by atoms with van der Waals surface area (Å²) in [5, 5.41) is 14.0. The summed E-state index contributed by atoms with van der Waals surface area (Å²) in [6.07, 6.45) is 0.454. The fraction of sp³-hybridized carbons (Fsp3) is 0.583. The summed E-state index contributed by atoms with van der Waals surface area (Å²) in [4.78, 5) is 11.9. The lowest BCUT2D eigenvalue weighted by molar-refractivity contribution is -0.138. The van der Waals surface area contributed by atoms with Crippen LogP contribution in [-0.2, 0) is 10.2 Å². The standard InChI is InChI=1S/C12H20N2O2S/c1-12(2,10-4-3-7-17-10)8-14-6-5-9(13)11(15)16/h3-4,7,9,14H,5-6,8,13H2,1-2H3,(H,15,16). The molecule has 1 heterocycles. The summed E-state index contributed by atoms with van der Waals surface area (Å²) in [5.41, 5.74) is 5.49. The molecule has 5 heteroatoms. The molecule has 1 unspecified atom stereocenters. The van der Waals surface area contributed by atoms with Gasteiger partial charge in [0, 0.05) is 16.8 Å². The van der Waals surface area contributed by atoms with E-state index in [1.165, 1.54) is 4.88 Å². The zero-order chi connectivity index (χ0) is 12.9. The quantitative estimate of drug-likeness (QED) is 0.645. The number of rotatable bonds is 7. The minimum atomic E-state index is -0.940. The average molecular weight is 256 g/mol. The predicted molar refractivity (Wildman–Crippen MR) is 70.4 cm³/mol. The van der Waals surface area contributed by atoms with Crippen molar-refractivity contribution in [2.75, 3.05) is 13.1 Å². The summed E-state index contributed by atoms with van der Waals surface area (Å²) >= 11 is 1.74. The second kappa shape index (κ2) is 6.14. The summed E-state index contributed by atoms with van der Waals surface area (Å²) in [6, 6.07) is 3.39. The highest BCUT2D eigenvalue weighted by molar-refractivity contribution is 7.10. The topological polar surface area (TPSA) is 75.3 Å². The van der Waals surface area contributed by atoms with Gasteiger partial charge in [-0.05, 0) is 24.4 Å². The number of aliphatic carboxylic acids is 1. The van der Waals surface area contributed by atoms with Gasteiger partial charge in [0.2, 0.25) is 0 Å². The molecule has 0 aliphatic rings. The molecule has 0 aliphatic carbocycles. The Hall–Kier alpha value is -0.910. The van der Waals surface area contributed by atoms with Gasteiger partial charge in [0.1, 0.15) is 6.04 Å². The molecule has 0 saturated heterocycles. The van der Waals surface area contributed by atoms with Gasteiger partial charge in [-0.25, -0.2) is 0 Å². The van der Waals surface area contributed by atoms with Crippen molar-refractivity contribution in [3.63, 3.8) is 0 Å². The van der Waals surface area contributed by atoms with E-state index in [9.17, 15) is 4.79 Å². The van der Waals surface area contributed by atoms with Crippen molar-refractivity contribution in [2.24, 2.45) is 5.73 Å². The number of carboxylic acids is 1. The van der Waals surface area contributed by atoms with E-state index >= 15 is 0 Å². The fourth-order valence-corrected chi connectivity index (χ4v) is 2.38. The van der Waals surface area contributed by atoms with E-state index in [0.29, 0.717) is 13.0 Å². The van der Waals surface area contributed by atoms with Crippen LogP contribution < -0.4 is 11.1 Å². The van der Waals surface area contributed by atoms with Gasteiger partial charge >= 0.3 is 5.97 Å². The lowest BCUT2D eigenvalue weighted by Gasteiger charge is -2.24. The Bertz CT molecular complexity index is 349. The van der Waals surface area contributed by atoms with Gasteiger partial charge in [0.15, 0.2) is 0 Å². The zero-order valence-electron chi connectivity index (χ0n) is 10.3. The van der Waals surface area contributed by atoms with Gasteiger partial charge in [-0.1, -0.05) is 19.9 Å². The van der Waals surface area contributed by atoms with Gasteiger partial charge in [-0.3, -0.25) is 4.79 Å². The molecule has 4 N–H and O–H groups in total. The molecule has 1 atom stereocenters. The second-order valence-corrected chi connectivity index (χ2v) is 5.72. The summed E-state index contributed by atoms with van der Waals surface area (Å²) < 4.78 is 0. The summed E-state index contributed by atoms with van der Waals surface area (Å²) in [5.74, 6) is -0.940. The van der Waals surface area contributed by atoms with Gasteiger partial charge in [-0.2, -0.15) is 0 Å². The molecule has 0 radical (unpaired) electrons. The van der Waals surface area contributed by atoms with Gasteiger partial charge in [0.05, 0.1) is 0 Å². The van der Waals surface area contributed by atoms with Gasteiger partial charge in [-0.15, -0.1) is 11.3 Å². The van der Waals surface area contributed by atoms with Crippen LogP contribution in [0, 0.1) is 0 Å². The van der Waals surface area contributed by atoms with E-state index in [2.05, 4.69) is 30.6 Å². The third-order valence-corrected chi connectivity index (χ3v) is 3.94. The van der Waals surface area contributed by atoms with Crippen LogP contribution >= 0.6 is 11.3 Å². The van der Waals surface area contributed by atoms with E-state index < -0.39 is 12.0 Å². The molecule has 0 spiro atoms. The third-order valence-electron chi connectivity index (χ3n) is 2.70. The minimum absolute atomic E-state index is 0.0709. The normalized spacial score (nSPS) is 13.6. The maximum absolute atomic E-state index is 10.5. The first-order valence-corrected chi connectivity index (χ1v) is 6.54. The zero-order valence-corrected chi connectivity index (χ0v) is 11.1. The Morgan fingerprint density at radius 2 is 2.35 bits per heavy atom. The van der Waals surface area contributed by atoms with Crippen molar-refractivity contribution in [3.05, 3.63) is 22.4 Å². The summed E-state index contributed by atoms with van der Waals surface area (Å²) in [7, 11) is 0. The molecule has 1 rings (SSSR count). The van der Waals surface area contributed by atoms with E-state index in [0.717, 1.165) is 6.54 Å². The van der Waals surface area contributed by atoms with Crippen molar-refractivity contribution in [1.29, 1.82) is 0 Å². The Morgan fingerprint density at radius 3 is 2.88 bits per heavy atom. The van der Waals surface area contributed by atoms with Crippen LogP contribution in [0.1, 0.15) is 25.1 Å². The van der Waals surface area contributed by atoms with E-state index in [4.69, 9.17) is 10.8 Å². The maximum atomic E-state index is 10.5. The van der Waals surface area contributed by atoms with Crippen LogP contribution in [-0.4, -0.2) is 30.2 Å². The first-order chi connectivity index (χ1) is 7.93. The van der Waals surface area contributed by atoms with Crippen LogP contribution in [0.2, 0.25) is 0 Å². The molecular weight excluding hydrogens is 236 g/mol. The number of carbonyl (C=O) groups is 1. The smallest absolute Gasteiger partial charge is 0.320 e. The number of carboxylic acid groups (broad SMARTS) is 1. The highest BCUT2D eigenvalue weighted by Gasteiger charge is 2.21. The second-order valence-electron chi connectivity index (χ2n) is 4.77. The molecule has 1 aromatic heterocycles. The highest BCUT2D eigenvalue weighted by atomic mass is 32.1. The van der Waals surface area contributed by atoms with Gasteiger partial charge < -0.3 is 16.2 Å². The monoisotopic (exact) mass is 256 g/mol. The van der Waals surface area contributed by atoms with Crippen molar-refractivity contribution >= 4 is 17.3 Å². The van der Waals surface area contributed by atoms with Crippen molar-refractivity contribution in [2.45, 2.75) is 31.7 Å². The predicted octanol–water partition coefficient (Wildman–Crippen LogP) is 1.42. The van der Waals surface area contributed by atoms with E-state index in [-0.39, 0.29) is 5.41 Å². The molecule has 0 bridgehead atoms. The van der Waals surface area contributed by atoms with E-state index in [1.807, 2.05) is 6.07 Å². The Morgan fingerprint density at radius 1 is 1.65 bits per heavy atom. The number of hydrogen-bond acceptors (Lipinski definition) is 4. The minimum Gasteiger partial charge on any atom is -0.480 e. The number of nitrogens with one attached hydrogen (secondary N) is 1. The number of hydrogen-bond donors (Lipinski definition) is 3. The average Bonchev–Trinajstić information content (AvgIpc) is 2.77. The third kappa shape index (κ3) is 4.46. The summed E-state index contributed by atoms with van der Waals surface area (Å²) in [6.45, 7) is 5.79.